The summed E-state index contributed by atoms with van der Waals surface area (Å²) in [6, 6.07) is 1.50. The highest BCUT2D eigenvalue weighted by Crippen LogP contribution is 2.22. The van der Waals surface area contributed by atoms with Crippen LogP contribution in [-0.2, 0) is 11.3 Å². The highest BCUT2D eigenvalue weighted by atomic mass is 32.2. The van der Waals surface area contributed by atoms with Gasteiger partial charge >= 0.3 is 5.97 Å². The van der Waals surface area contributed by atoms with Gasteiger partial charge < -0.3 is 14.7 Å². The number of aryl methyl sites for hydroxylation is 1. The Bertz CT molecular complexity index is 708. The lowest BCUT2D eigenvalue weighted by Crippen LogP contribution is -2.11. The molecular weight excluding hydrogens is 292 g/mol. The molecule has 0 unspecified atom stereocenters. The first kappa shape index (κ1) is 15.3. The number of aromatic nitrogens is 4. The number of H-pyrrole nitrogens is 1. The summed E-state index contributed by atoms with van der Waals surface area (Å²) < 4.78 is 1.79. The fourth-order valence-corrected chi connectivity index (χ4v) is 2.58. The molecule has 0 amide bonds. The summed E-state index contributed by atoms with van der Waals surface area (Å²) in [4.78, 5) is 25.7. The Hall–Kier alpha value is -2.09. The number of aromatic amines is 1. The summed E-state index contributed by atoms with van der Waals surface area (Å²) >= 11 is 1.10. The molecule has 0 bridgehead atoms. The Labute approximate surface area is 125 Å². The molecule has 0 aliphatic rings. The molecule has 0 aromatic carbocycles. The number of thioether (sulfide) groups is 1. The van der Waals surface area contributed by atoms with E-state index >= 15 is 0 Å². The van der Waals surface area contributed by atoms with Crippen LogP contribution in [-0.4, -0.2) is 36.6 Å². The number of aliphatic carboxylic acids is 1. The number of hydrogen-bond acceptors (Lipinski definition) is 5. The molecular formula is C13H16N4O3S. The normalized spacial score (nSPS) is 10.8. The molecule has 0 saturated carbocycles. The number of nitrogens with zero attached hydrogens (tertiary/aromatic N) is 3. The molecule has 7 nitrogen and oxygen atoms in total. The highest BCUT2D eigenvalue weighted by Gasteiger charge is 2.17. The van der Waals surface area contributed by atoms with E-state index in [1.807, 2.05) is 6.92 Å². The Kier molecular flexibility index (Phi) is 4.79. The predicted octanol–water partition coefficient (Wildman–Crippen LogP) is 1.53. The maximum Gasteiger partial charge on any atom is 0.313 e. The summed E-state index contributed by atoms with van der Waals surface area (Å²) in [6.07, 6.45) is 2.44. The van der Waals surface area contributed by atoms with Gasteiger partial charge in [-0.2, -0.15) is 0 Å². The van der Waals surface area contributed by atoms with Crippen molar-refractivity contribution >= 4 is 17.7 Å². The number of carboxylic acids is 1. The van der Waals surface area contributed by atoms with Gasteiger partial charge in [0, 0.05) is 24.5 Å². The van der Waals surface area contributed by atoms with E-state index in [9.17, 15) is 9.59 Å². The van der Waals surface area contributed by atoms with Crippen LogP contribution in [0.25, 0.3) is 11.4 Å². The van der Waals surface area contributed by atoms with Gasteiger partial charge in [0.15, 0.2) is 16.4 Å². The molecule has 21 heavy (non-hydrogen) atoms. The van der Waals surface area contributed by atoms with Crippen LogP contribution in [0.1, 0.15) is 19.0 Å². The molecule has 2 heterocycles. The lowest BCUT2D eigenvalue weighted by atomic mass is 10.2. The Morgan fingerprint density at radius 1 is 1.48 bits per heavy atom. The fraction of sp³-hybridized carbons (Fsp3) is 0.385. The van der Waals surface area contributed by atoms with Crippen LogP contribution in [0, 0.1) is 6.92 Å². The van der Waals surface area contributed by atoms with Gasteiger partial charge in [-0.3, -0.25) is 9.59 Å². The first-order valence-electron chi connectivity index (χ1n) is 6.50. The summed E-state index contributed by atoms with van der Waals surface area (Å²) in [5.74, 6) is -0.543. The highest BCUT2D eigenvalue weighted by molar-refractivity contribution is 7.99. The minimum Gasteiger partial charge on any atom is -0.481 e. The first-order chi connectivity index (χ1) is 10.0. The van der Waals surface area contributed by atoms with E-state index in [1.54, 1.807) is 17.7 Å². The van der Waals surface area contributed by atoms with Gasteiger partial charge in [0.1, 0.15) is 0 Å². The SMILES string of the molecule is CCCn1c(SCC(=O)O)nnc1-c1c[nH]c(C)cc1=O. The minimum atomic E-state index is -0.916. The smallest absolute Gasteiger partial charge is 0.313 e. The summed E-state index contributed by atoms with van der Waals surface area (Å²) in [6.45, 7) is 4.42. The van der Waals surface area contributed by atoms with Crippen molar-refractivity contribution in [1.29, 1.82) is 0 Å². The molecule has 0 radical (unpaired) electrons. The van der Waals surface area contributed by atoms with Crippen molar-refractivity contribution in [2.75, 3.05) is 5.75 Å². The molecule has 0 fully saturated rings. The van der Waals surface area contributed by atoms with E-state index in [4.69, 9.17) is 5.11 Å². The largest absolute Gasteiger partial charge is 0.481 e. The lowest BCUT2D eigenvalue weighted by molar-refractivity contribution is -0.133. The van der Waals surface area contributed by atoms with Crippen LogP contribution in [0.4, 0.5) is 0 Å². The van der Waals surface area contributed by atoms with E-state index < -0.39 is 5.97 Å². The first-order valence-corrected chi connectivity index (χ1v) is 7.49. The molecule has 2 rings (SSSR count). The van der Waals surface area contributed by atoms with Crippen molar-refractivity contribution in [3.8, 4) is 11.4 Å². The standard InChI is InChI=1S/C13H16N4O3S/c1-3-4-17-12(9-6-14-8(2)5-10(9)18)15-16-13(17)21-7-11(19)20/h5-6H,3-4,7H2,1-2H3,(H,14,18)(H,19,20). The van der Waals surface area contributed by atoms with Crippen LogP contribution < -0.4 is 5.43 Å². The number of rotatable bonds is 6. The van der Waals surface area contributed by atoms with Crippen LogP contribution in [0.15, 0.2) is 22.2 Å². The van der Waals surface area contributed by atoms with Gasteiger partial charge in [0.2, 0.25) is 0 Å². The van der Waals surface area contributed by atoms with Crippen LogP contribution in [0.2, 0.25) is 0 Å². The summed E-state index contributed by atoms with van der Waals surface area (Å²) in [7, 11) is 0. The van der Waals surface area contributed by atoms with Crippen LogP contribution in [0.3, 0.4) is 0 Å². The Morgan fingerprint density at radius 3 is 2.86 bits per heavy atom. The number of carboxylic acid groups (broad SMARTS) is 1. The average molecular weight is 308 g/mol. The number of carbonyl (C=O) groups is 1. The third-order valence-electron chi connectivity index (χ3n) is 2.79. The fourth-order valence-electron chi connectivity index (χ4n) is 1.89. The van der Waals surface area contributed by atoms with Crippen molar-refractivity contribution in [1.82, 2.24) is 19.7 Å². The summed E-state index contributed by atoms with van der Waals surface area (Å²) in [5.41, 5.74) is 1.07. The number of pyridine rings is 1. The molecule has 0 aliphatic carbocycles. The number of nitrogens with one attached hydrogen (secondary N) is 1. The second-order valence-electron chi connectivity index (χ2n) is 4.53. The molecule has 0 saturated heterocycles. The average Bonchev–Trinajstić information content (AvgIpc) is 2.80. The predicted molar refractivity (Wildman–Crippen MR) is 79.5 cm³/mol. The van der Waals surface area contributed by atoms with Crippen molar-refractivity contribution in [3.05, 3.63) is 28.2 Å². The van der Waals surface area contributed by atoms with E-state index in [2.05, 4.69) is 15.2 Å². The molecule has 2 aromatic heterocycles. The van der Waals surface area contributed by atoms with Crippen LogP contribution in [0.5, 0.6) is 0 Å². The maximum absolute atomic E-state index is 12.1. The van der Waals surface area contributed by atoms with Crippen molar-refractivity contribution in [3.63, 3.8) is 0 Å². The molecule has 2 aromatic rings. The van der Waals surface area contributed by atoms with E-state index in [0.29, 0.717) is 23.1 Å². The number of hydrogen-bond donors (Lipinski definition) is 2. The molecule has 0 aliphatic heterocycles. The van der Waals surface area contributed by atoms with Crippen LogP contribution >= 0.6 is 11.8 Å². The molecule has 0 spiro atoms. The van der Waals surface area contributed by atoms with E-state index in [1.165, 1.54) is 6.07 Å². The maximum atomic E-state index is 12.1. The molecule has 2 N–H and O–H groups in total. The third kappa shape index (κ3) is 3.52. The quantitative estimate of drug-likeness (QED) is 0.785. The monoisotopic (exact) mass is 308 g/mol. The van der Waals surface area contributed by atoms with E-state index in [-0.39, 0.29) is 11.2 Å². The van der Waals surface area contributed by atoms with Crippen molar-refractivity contribution < 1.29 is 9.90 Å². The van der Waals surface area contributed by atoms with Gasteiger partial charge in [-0.15, -0.1) is 10.2 Å². The van der Waals surface area contributed by atoms with Gasteiger partial charge in [-0.05, 0) is 13.3 Å². The summed E-state index contributed by atoms with van der Waals surface area (Å²) in [5, 5.41) is 17.3. The molecule has 0 atom stereocenters. The minimum absolute atomic E-state index is 0.0912. The Morgan fingerprint density at radius 2 is 2.24 bits per heavy atom. The zero-order chi connectivity index (χ0) is 15.4. The third-order valence-corrected chi connectivity index (χ3v) is 3.74. The molecule has 8 heteroatoms. The zero-order valence-electron chi connectivity index (χ0n) is 11.8. The van der Waals surface area contributed by atoms with Gasteiger partial charge in [-0.25, -0.2) is 0 Å². The van der Waals surface area contributed by atoms with Crippen molar-refractivity contribution in [2.24, 2.45) is 0 Å². The zero-order valence-corrected chi connectivity index (χ0v) is 12.6. The van der Waals surface area contributed by atoms with Gasteiger partial charge in [0.05, 0.1) is 11.3 Å². The van der Waals surface area contributed by atoms with E-state index in [0.717, 1.165) is 23.9 Å². The lowest BCUT2D eigenvalue weighted by Gasteiger charge is -2.08. The second kappa shape index (κ2) is 6.57. The second-order valence-corrected chi connectivity index (χ2v) is 5.48. The van der Waals surface area contributed by atoms with Crippen molar-refractivity contribution in [2.45, 2.75) is 32.0 Å². The Balaban J connectivity index is 2.43. The van der Waals surface area contributed by atoms with Gasteiger partial charge in [-0.1, -0.05) is 18.7 Å². The topological polar surface area (TPSA) is 101 Å². The van der Waals surface area contributed by atoms with Gasteiger partial charge in [0.25, 0.3) is 0 Å². The molecule has 112 valence electrons.